The number of carboxylic acid groups (broad SMARTS) is 2. The van der Waals surface area contributed by atoms with Gasteiger partial charge in [-0.2, -0.15) is 0 Å². The molecule has 1 unspecified atom stereocenters. The average Bonchev–Trinajstić information content (AvgIpc) is 3.08. The number of amides is 2. The minimum absolute atomic E-state index is 0.0995. The predicted molar refractivity (Wildman–Crippen MR) is 205 cm³/mol. The van der Waals surface area contributed by atoms with Crippen LogP contribution in [0.2, 0.25) is 0 Å². The molecule has 0 aliphatic heterocycles. The van der Waals surface area contributed by atoms with E-state index in [1.165, 1.54) is 135 Å². The summed E-state index contributed by atoms with van der Waals surface area (Å²) in [5.74, 6) is -4.44. The van der Waals surface area contributed by atoms with E-state index >= 15 is 0 Å². The van der Waals surface area contributed by atoms with Crippen LogP contribution in [0.3, 0.4) is 0 Å². The van der Waals surface area contributed by atoms with Gasteiger partial charge in [-0.05, 0) is 26.2 Å². The minimum Gasteiger partial charge on any atom is -0.481 e. The maximum atomic E-state index is 12.9. The Hall–Kier alpha value is -2.65. The van der Waals surface area contributed by atoms with E-state index in [0.29, 0.717) is 12.8 Å². The third kappa shape index (κ3) is 31.8. The van der Waals surface area contributed by atoms with Gasteiger partial charge >= 0.3 is 17.9 Å². The molecule has 10 nitrogen and oxygen atoms in total. The number of rotatable bonds is 37. The number of carbonyl (C=O) groups is 5. The van der Waals surface area contributed by atoms with Gasteiger partial charge in [-0.1, -0.05) is 168 Å². The average molecular weight is 725 g/mol. The Bertz CT molecular complexity index is 912. The number of ether oxygens (including phenoxy) is 1. The van der Waals surface area contributed by atoms with Gasteiger partial charge < -0.3 is 25.6 Å². The molecule has 0 radical (unpaired) electrons. The molecular formula is C41H76N2O8. The Kier molecular flexibility index (Phi) is 32.6. The second-order valence-electron chi connectivity index (χ2n) is 14.6. The largest absolute Gasteiger partial charge is 0.481 e. The molecule has 0 aromatic rings. The number of aliphatic carboxylic acids is 2. The van der Waals surface area contributed by atoms with Crippen molar-refractivity contribution in [3.8, 4) is 0 Å². The van der Waals surface area contributed by atoms with Crippen molar-refractivity contribution >= 4 is 29.7 Å². The number of esters is 1. The molecule has 0 aromatic heterocycles. The maximum Gasteiger partial charge on any atom is 0.326 e. The monoisotopic (exact) mass is 725 g/mol. The van der Waals surface area contributed by atoms with E-state index in [0.717, 1.165) is 38.5 Å². The third-order valence-electron chi connectivity index (χ3n) is 9.59. The number of carboxylic acids is 2. The number of hydrogen-bond donors (Lipinski definition) is 4. The smallest absolute Gasteiger partial charge is 0.326 e. The highest BCUT2D eigenvalue weighted by atomic mass is 16.5. The summed E-state index contributed by atoms with van der Waals surface area (Å²) in [4.78, 5) is 60.4. The van der Waals surface area contributed by atoms with Gasteiger partial charge in [-0.25, -0.2) is 4.79 Å². The number of carbonyl (C=O) groups excluding carboxylic acids is 3. The van der Waals surface area contributed by atoms with Crippen LogP contribution in [-0.4, -0.2) is 58.1 Å². The van der Waals surface area contributed by atoms with Crippen LogP contribution in [-0.2, 0) is 28.7 Å². The van der Waals surface area contributed by atoms with Crippen LogP contribution in [0.15, 0.2) is 0 Å². The molecule has 0 spiro atoms. The van der Waals surface area contributed by atoms with E-state index in [2.05, 4.69) is 24.5 Å². The fraction of sp³-hybridized carbons (Fsp3) is 0.878. The lowest BCUT2D eigenvalue weighted by Gasteiger charge is -2.21. The van der Waals surface area contributed by atoms with Crippen molar-refractivity contribution in [2.24, 2.45) is 0 Å². The van der Waals surface area contributed by atoms with E-state index < -0.39 is 48.4 Å². The van der Waals surface area contributed by atoms with Gasteiger partial charge in [0.2, 0.25) is 11.8 Å². The van der Waals surface area contributed by atoms with E-state index in [9.17, 15) is 29.1 Å². The van der Waals surface area contributed by atoms with Crippen molar-refractivity contribution < 1.29 is 38.9 Å². The van der Waals surface area contributed by atoms with Crippen LogP contribution >= 0.6 is 0 Å². The highest BCUT2D eigenvalue weighted by Gasteiger charge is 2.27. The Balaban J connectivity index is 4.61. The van der Waals surface area contributed by atoms with Gasteiger partial charge in [-0.3, -0.25) is 19.2 Å². The van der Waals surface area contributed by atoms with E-state index in [1.54, 1.807) is 0 Å². The highest BCUT2D eigenvalue weighted by molar-refractivity contribution is 5.91. The van der Waals surface area contributed by atoms with Gasteiger partial charge in [0.1, 0.15) is 18.2 Å². The highest BCUT2D eigenvalue weighted by Crippen LogP contribution is 2.17. The van der Waals surface area contributed by atoms with Crippen molar-refractivity contribution in [1.29, 1.82) is 0 Å². The Morgan fingerprint density at radius 1 is 0.529 bits per heavy atom. The first-order valence-electron chi connectivity index (χ1n) is 20.8. The molecule has 0 bridgehead atoms. The molecular weight excluding hydrogens is 648 g/mol. The van der Waals surface area contributed by atoms with Crippen LogP contribution in [0.1, 0.15) is 213 Å². The molecule has 4 N–H and O–H groups in total. The van der Waals surface area contributed by atoms with Crippen LogP contribution in [0.5, 0.6) is 0 Å². The van der Waals surface area contributed by atoms with Crippen molar-refractivity contribution in [3.63, 3.8) is 0 Å². The van der Waals surface area contributed by atoms with Crippen molar-refractivity contribution in [1.82, 2.24) is 10.6 Å². The molecule has 0 aromatic carbocycles. The molecule has 0 fully saturated rings. The van der Waals surface area contributed by atoms with E-state index in [4.69, 9.17) is 9.84 Å². The molecule has 0 rings (SSSR count). The van der Waals surface area contributed by atoms with Gasteiger partial charge in [0.05, 0.1) is 12.8 Å². The molecule has 0 saturated heterocycles. The lowest BCUT2D eigenvalue weighted by atomic mass is 10.0. The molecule has 298 valence electrons. The first-order valence-corrected chi connectivity index (χ1v) is 20.8. The minimum atomic E-state index is -1.61. The fourth-order valence-corrected chi connectivity index (χ4v) is 6.37. The molecule has 0 aliphatic carbocycles. The lowest BCUT2D eigenvalue weighted by Crippen LogP contribution is -2.51. The summed E-state index contributed by atoms with van der Waals surface area (Å²) >= 11 is 0. The van der Waals surface area contributed by atoms with Crippen LogP contribution < -0.4 is 10.6 Å². The summed E-state index contributed by atoms with van der Waals surface area (Å²) in [6.45, 7) is 5.88. The van der Waals surface area contributed by atoms with Crippen LogP contribution in [0.25, 0.3) is 0 Å². The molecule has 2 amide bonds. The third-order valence-corrected chi connectivity index (χ3v) is 9.59. The van der Waals surface area contributed by atoms with Crippen LogP contribution in [0, 0.1) is 0 Å². The van der Waals surface area contributed by atoms with E-state index in [1.807, 2.05) is 0 Å². The summed E-state index contributed by atoms with van der Waals surface area (Å²) in [6, 6.07) is -2.70. The molecule has 10 heteroatoms. The second kappa shape index (κ2) is 34.4. The summed E-state index contributed by atoms with van der Waals surface area (Å²) in [5, 5.41) is 22.8. The maximum absolute atomic E-state index is 12.9. The molecule has 0 saturated carbocycles. The molecule has 3 atom stereocenters. The summed E-state index contributed by atoms with van der Waals surface area (Å²) in [7, 11) is 0. The predicted octanol–water partition coefficient (Wildman–Crippen LogP) is 9.80. The van der Waals surface area contributed by atoms with Crippen molar-refractivity contribution in [2.75, 3.05) is 0 Å². The zero-order valence-electron chi connectivity index (χ0n) is 32.8. The standard InChI is InChI=1S/C41H76N2O8/c1-4-6-8-10-12-14-16-18-20-22-24-26-28-30-35(32-37(44)42-34(3)40(48)43-36(41(49)50)33-38(45)46)51-39(47)31-29-27-25-23-21-19-17-15-13-11-9-7-5-2/h34-36H,4-33H2,1-3H3,(H,42,44)(H,43,48)(H,45,46)(H,49,50)/t34-,35?,36-/m0/s1. The molecule has 0 aliphatic rings. The summed E-state index contributed by atoms with van der Waals surface area (Å²) in [6.07, 6.45) is 31.1. The van der Waals surface area contributed by atoms with Gasteiger partial charge in [-0.15, -0.1) is 0 Å². The SMILES string of the molecule is CCCCCCCCCCCCCCCC(=O)OC(CCCCCCCCCCCCCCC)CC(=O)N[C@@H](C)C(=O)N[C@@H](CC(=O)O)C(=O)O. The van der Waals surface area contributed by atoms with Crippen molar-refractivity contribution in [2.45, 2.75) is 232 Å². The summed E-state index contributed by atoms with van der Waals surface area (Å²) in [5.41, 5.74) is 0. The Morgan fingerprint density at radius 2 is 0.922 bits per heavy atom. The number of nitrogens with one attached hydrogen (secondary N) is 2. The fourth-order valence-electron chi connectivity index (χ4n) is 6.37. The zero-order valence-corrected chi connectivity index (χ0v) is 32.8. The Labute approximate surface area is 310 Å². The lowest BCUT2D eigenvalue weighted by molar-refractivity contribution is -0.151. The van der Waals surface area contributed by atoms with Gasteiger partial charge in [0.25, 0.3) is 0 Å². The number of hydrogen-bond acceptors (Lipinski definition) is 6. The second-order valence-corrected chi connectivity index (χ2v) is 14.6. The van der Waals surface area contributed by atoms with Crippen LogP contribution in [0.4, 0.5) is 0 Å². The molecule has 0 heterocycles. The zero-order chi connectivity index (χ0) is 38.0. The number of unbranched alkanes of at least 4 members (excludes halogenated alkanes) is 24. The van der Waals surface area contributed by atoms with Gasteiger partial charge in [0, 0.05) is 6.42 Å². The Morgan fingerprint density at radius 3 is 1.31 bits per heavy atom. The molecule has 51 heavy (non-hydrogen) atoms. The normalized spacial score (nSPS) is 12.9. The van der Waals surface area contributed by atoms with Gasteiger partial charge in [0.15, 0.2) is 0 Å². The topological polar surface area (TPSA) is 159 Å². The summed E-state index contributed by atoms with van der Waals surface area (Å²) < 4.78 is 5.77. The first kappa shape index (κ1) is 48.3. The quantitative estimate of drug-likeness (QED) is 0.0364. The first-order chi connectivity index (χ1) is 24.6. The van der Waals surface area contributed by atoms with Crippen molar-refractivity contribution in [3.05, 3.63) is 0 Å². The van der Waals surface area contributed by atoms with E-state index in [-0.39, 0.29) is 12.4 Å².